The third kappa shape index (κ3) is 3.18. The van der Waals surface area contributed by atoms with E-state index in [4.69, 9.17) is 4.74 Å². The van der Waals surface area contributed by atoms with E-state index in [1.807, 2.05) is 48.5 Å². The Morgan fingerprint density at radius 1 is 0.958 bits per heavy atom. The molecular formula is C22H22O2. The fourth-order valence-corrected chi connectivity index (χ4v) is 3.23. The Kier molecular flexibility index (Phi) is 4.39. The summed E-state index contributed by atoms with van der Waals surface area (Å²) in [5.74, 6) is 0.970. The molecule has 0 unspecified atom stereocenters. The van der Waals surface area contributed by atoms with E-state index in [0.717, 1.165) is 23.3 Å². The lowest BCUT2D eigenvalue weighted by Gasteiger charge is -2.32. The summed E-state index contributed by atoms with van der Waals surface area (Å²) in [6.07, 6.45) is 4.79. The van der Waals surface area contributed by atoms with Crippen molar-refractivity contribution in [1.82, 2.24) is 0 Å². The molecular weight excluding hydrogens is 296 g/mol. The first-order valence-corrected chi connectivity index (χ1v) is 8.17. The third-order valence-electron chi connectivity index (χ3n) is 4.54. The second kappa shape index (κ2) is 6.48. The van der Waals surface area contributed by atoms with Crippen LogP contribution in [-0.2, 0) is 0 Å². The van der Waals surface area contributed by atoms with Crippen molar-refractivity contribution in [3.8, 4) is 5.75 Å². The van der Waals surface area contributed by atoms with Gasteiger partial charge in [0.15, 0.2) is 5.78 Å². The summed E-state index contributed by atoms with van der Waals surface area (Å²) in [5.41, 5.74) is 3.94. The first-order valence-electron chi connectivity index (χ1n) is 8.17. The normalized spacial score (nSPS) is 16.1. The highest BCUT2D eigenvalue weighted by molar-refractivity contribution is 6.09. The van der Waals surface area contributed by atoms with Gasteiger partial charge in [-0.25, -0.2) is 0 Å². The van der Waals surface area contributed by atoms with Crippen molar-refractivity contribution in [1.29, 1.82) is 0 Å². The summed E-state index contributed by atoms with van der Waals surface area (Å²) >= 11 is 0. The van der Waals surface area contributed by atoms with Crippen LogP contribution in [0.4, 0.5) is 0 Å². The van der Waals surface area contributed by atoms with Crippen LogP contribution in [0.3, 0.4) is 0 Å². The molecule has 1 aliphatic carbocycles. The predicted octanol–water partition coefficient (Wildman–Crippen LogP) is 5.32. The number of hydrogen-bond acceptors (Lipinski definition) is 2. The predicted molar refractivity (Wildman–Crippen MR) is 98.2 cm³/mol. The molecule has 0 atom stereocenters. The number of carbonyl (C=O) groups excluding carboxylic acids is 1. The van der Waals surface area contributed by atoms with E-state index in [2.05, 4.69) is 32.1 Å². The SMILES string of the molecule is COc1ccc(C2=CC=C(C(=O)c3ccccc3)CC2(C)C)cc1. The minimum Gasteiger partial charge on any atom is -0.497 e. The summed E-state index contributed by atoms with van der Waals surface area (Å²) in [4.78, 5) is 12.7. The zero-order valence-corrected chi connectivity index (χ0v) is 14.4. The lowest BCUT2D eigenvalue weighted by Crippen LogP contribution is -2.21. The Morgan fingerprint density at radius 2 is 1.62 bits per heavy atom. The maximum absolute atomic E-state index is 12.7. The molecule has 2 heteroatoms. The van der Waals surface area contributed by atoms with E-state index in [9.17, 15) is 4.79 Å². The van der Waals surface area contributed by atoms with Gasteiger partial charge in [0.25, 0.3) is 0 Å². The van der Waals surface area contributed by atoms with E-state index in [1.165, 1.54) is 11.1 Å². The van der Waals surface area contributed by atoms with Crippen molar-refractivity contribution in [2.24, 2.45) is 5.41 Å². The van der Waals surface area contributed by atoms with Gasteiger partial charge in [-0.15, -0.1) is 0 Å². The molecule has 0 bridgehead atoms. The molecule has 2 nitrogen and oxygen atoms in total. The molecule has 2 aromatic carbocycles. The molecule has 0 aromatic heterocycles. The van der Waals surface area contributed by atoms with Crippen molar-refractivity contribution >= 4 is 11.4 Å². The third-order valence-corrected chi connectivity index (χ3v) is 4.54. The molecule has 122 valence electrons. The van der Waals surface area contributed by atoms with Crippen LogP contribution < -0.4 is 4.74 Å². The number of rotatable bonds is 4. The zero-order valence-electron chi connectivity index (χ0n) is 14.4. The Bertz CT molecular complexity index is 794. The van der Waals surface area contributed by atoms with Gasteiger partial charge in [0.1, 0.15) is 5.75 Å². The molecule has 0 radical (unpaired) electrons. The molecule has 0 saturated carbocycles. The topological polar surface area (TPSA) is 26.3 Å². The van der Waals surface area contributed by atoms with E-state index < -0.39 is 0 Å². The van der Waals surface area contributed by atoms with Crippen LogP contribution >= 0.6 is 0 Å². The van der Waals surface area contributed by atoms with Gasteiger partial charge < -0.3 is 4.74 Å². The Labute approximate surface area is 143 Å². The van der Waals surface area contributed by atoms with Crippen LogP contribution in [0.2, 0.25) is 0 Å². The monoisotopic (exact) mass is 318 g/mol. The number of Topliss-reactive ketones (excluding diaryl/α,β-unsaturated/α-hetero) is 1. The minimum atomic E-state index is -0.0941. The van der Waals surface area contributed by atoms with Crippen molar-refractivity contribution in [3.63, 3.8) is 0 Å². The van der Waals surface area contributed by atoms with Crippen molar-refractivity contribution in [2.75, 3.05) is 7.11 Å². The van der Waals surface area contributed by atoms with Gasteiger partial charge >= 0.3 is 0 Å². The number of carbonyl (C=O) groups is 1. The van der Waals surface area contributed by atoms with Crippen molar-refractivity contribution < 1.29 is 9.53 Å². The van der Waals surface area contributed by atoms with Crippen LogP contribution in [0.1, 0.15) is 36.2 Å². The van der Waals surface area contributed by atoms with Crippen LogP contribution in [0, 0.1) is 5.41 Å². The smallest absolute Gasteiger partial charge is 0.189 e. The van der Waals surface area contributed by atoms with Crippen LogP contribution in [0.5, 0.6) is 5.75 Å². The molecule has 1 aliphatic rings. The highest BCUT2D eigenvalue weighted by Crippen LogP contribution is 2.43. The average molecular weight is 318 g/mol. The molecule has 2 aromatic rings. The molecule has 0 heterocycles. The lowest BCUT2D eigenvalue weighted by molar-refractivity contribution is 0.102. The van der Waals surface area contributed by atoms with Crippen molar-refractivity contribution in [3.05, 3.63) is 83.4 Å². The Balaban J connectivity index is 1.93. The number of benzene rings is 2. The zero-order chi connectivity index (χ0) is 17.2. The molecule has 0 fully saturated rings. The second-order valence-corrected chi connectivity index (χ2v) is 6.76. The van der Waals surface area contributed by atoms with Crippen LogP contribution in [-0.4, -0.2) is 12.9 Å². The minimum absolute atomic E-state index is 0.0941. The Morgan fingerprint density at radius 3 is 2.21 bits per heavy atom. The molecule has 0 amide bonds. The van der Waals surface area contributed by atoms with Gasteiger partial charge in [0, 0.05) is 11.1 Å². The van der Waals surface area contributed by atoms with E-state index in [0.29, 0.717) is 0 Å². The van der Waals surface area contributed by atoms with E-state index in [1.54, 1.807) is 7.11 Å². The number of ether oxygens (including phenoxy) is 1. The summed E-state index contributed by atoms with van der Waals surface area (Å²) in [5, 5.41) is 0. The first-order chi connectivity index (χ1) is 11.5. The lowest BCUT2D eigenvalue weighted by atomic mass is 9.71. The summed E-state index contributed by atoms with van der Waals surface area (Å²) < 4.78 is 5.23. The van der Waals surface area contributed by atoms with E-state index in [-0.39, 0.29) is 11.2 Å². The summed E-state index contributed by atoms with van der Waals surface area (Å²) in [7, 11) is 1.67. The number of ketones is 1. The largest absolute Gasteiger partial charge is 0.497 e. The number of allylic oxidation sites excluding steroid dienone is 4. The molecule has 24 heavy (non-hydrogen) atoms. The van der Waals surface area contributed by atoms with Gasteiger partial charge in [-0.1, -0.05) is 68.5 Å². The fourth-order valence-electron chi connectivity index (χ4n) is 3.23. The standard InChI is InChI=1S/C22H22O2/c1-22(2)15-18(21(23)17-7-5-4-6-8-17)11-14-20(22)16-9-12-19(24-3)13-10-16/h4-14H,15H2,1-3H3. The number of methoxy groups -OCH3 is 1. The van der Waals surface area contributed by atoms with Gasteiger partial charge in [-0.3, -0.25) is 4.79 Å². The molecule has 0 N–H and O–H groups in total. The maximum atomic E-state index is 12.7. The highest BCUT2D eigenvalue weighted by atomic mass is 16.5. The van der Waals surface area contributed by atoms with Gasteiger partial charge in [-0.2, -0.15) is 0 Å². The molecule has 3 rings (SSSR count). The Hall–Kier alpha value is -2.61. The molecule has 0 aliphatic heterocycles. The quantitative estimate of drug-likeness (QED) is 0.713. The second-order valence-electron chi connectivity index (χ2n) is 6.76. The fraction of sp³-hybridized carbons (Fsp3) is 0.227. The van der Waals surface area contributed by atoms with Crippen LogP contribution in [0.15, 0.2) is 72.3 Å². The van der Waals surface area contributed by atoms with Crippen LogP contribution in [0.25, 0.3) is 5.57 Å². The molecule has 0 spiro atoms. The van der Waals surface area contributed by atoms with E-state index >= 15 is 0 Å². The van der Waals surface area contributed by atoms with Gasteiger partial charge in [0.05, 0.1) is 7.11 Å². The average Bonchev–Trinajstić information content (AvgIpc) is 2.61. The van der Waals surface area contributed by atoms with Gasteiger partial charge in [0.2, 0.25) is 0 Å². The summed E-state index contributed by atoms with van der Waals surface area (Å²) in [6.45, 7) is 4.38. The van der Waals surface area contributed by atoms with Gasteiger partial charge in [-0.05, 0) is 35.1 Å². The summed E-state index contributed by atoms with van der Waals surface area (Å²) in [6, 6.07) is 17.6. The van der Waals surface area contributed by atoms with Crippen molar-refractivity contribution in [2.45, 2.75) is 20.3 Å². The highest BCUT2D eigenvalue weighted by Gasteiger charge is 2.30. The first kappa shape index (κ1) is 16.3. The molecule has 0 saturated heterocycles. The number of hydrogen-bond donors (Lipinski definition) is 0. The maximum Gasteiger partial charge on any atom is 0.189 e.